The van der Waals surface area contributed by atoms with Gasteiger partial charge in [-0.25, -0.2) is 0 Å². The Morgan fingerprint density at radius 2 is 2.10 bits per heavy atom. The lowest BCUT2D eigenvalue weighted by Crippen LogP contribution is -2.32. The molecule has 1 unspecified atom stereocenters. The average molecular weight is 449 g/mol. The van der Waals surface area contributed by atoms with Gasteiger partial charge >= 0.3 is 6.18 Å². The fraction of sp³-hybridized carbons (Fsp3) is 0.238. The summed E-state index contributed by atoms with van der Waals surface area (Å²) in [5, 5.41) is 1.99. The summed E-state index contributed by atoms with van der Waals surface area (Å²) < 4.78 is 49.6. The minimum atomic E-state index is -4.55. The van der Waals surface area contributed by atoms with Gasteiger partial charge < -0.3 is 14.1 Å². The van der Waals surface area contributed by atoms with Crippen molar-refractivity contribution >= 4 is 11.8 Å². The minimum absolute atomic E-state index is 0.0188. The quantitative estimate of drug-likeness (QED) is 0.528. The number of ether oxygens (including phenoxy) is 1. The van der Waals surface area contributed by atoms with E-state index in [0.717, 1.165) is 17.3 Å². The van der Waals surface area contributed by atoms with Gasteiger partial charge in [0.05, 0.1) is 0 Å². The zero-order valence-electron chi connectivity index (χ0n) is 16.4. The van der Waals surface area contributed by atoms with E-state index >= 15 is 0 Å². The number of hydrogen-bond acceptors (Lipinski definition) is 6. The molecule has 0 amide bonds. The maximum absolute atomic E-state index is 12.7. The third-order valence-corrected chi connectivity index (χ3v) is 5.84. The maximum Gasteiger partial charge on any atom is 0.449 e. The molecule has 6 nitrogen and oxygen atoms in total. The molecule has 1 atom stereocenters. The van der Waals surface area contributed by atoms with Crippen molar-refractivity contribution in [1.29, 1.82) is 0 Å². The topological polar surface area (TPSA) is 60.5 Å². The summed E-state index contributed by atoms with van der Waals surface area (Å²) in [7, 11) is 0. The highest BCUT2D eigenvalue weighted by molar-refractivity contribution is 8.02. The Labute approximate surface area is 180 Å². The lowest BCUT2D eigenvalue weighted by molar-refractivity contribution is -0.153. The van der Waals surface area contributed by atoms with Crippen LogP contribution in [0.4, 0.5) is 13.2 Å². The molecule has 0 bridgehead atoms. The van der Waals surface area contributed by atoms with Gasteiger partial charge in [0.2, 0.25) is 5.76 Å². The lowest BCUT2D eigenvalue weighted by atomic mass is 10.2. The van der Waals surface area contributed by atoms with Crippen LogP contribution in [0.25, 0.3) is 0 Å². The Morgan fingerprint density at radius 1 is 1.26 bits per heavy atom. The molecule has 3 aromatic rings. The smallest absolute Gasteiger partial charge is 0.449 e. The zero-order valence-corrected chi connectivity index (χ0v) is 17.2. The summed E-state index contributed by atoms with van der Waals surface area (Å²) in [6.45, 7) is 2.36. The number of allylic oxidation sites excluding steroid dienone is 1. The molecule has 0 saturated carbocycles. The Kier molecular flexibility index (Phi) is 5.81. The minimum Gasteiger partial charge on any atom is -0.485 e. The summed E-state index contributed by atoms with van der Waals surface area (Å²) in [4.78, 5) is 18.9. The van der Waals surface area contributed by atoms with Crippen LogP contribution < -0.4 is 10.3 Å². The number of rotatable bonds is 6. The van der Waals surface area contributed by atoms with Crippen molar-refractivity contribution in [3.8, 4) is 5.75 Å². The molecule has 1 aliphatic heterocycles. The van der Waals surface area contributed by atoms with Gasteiger partial charge in [0.15, 0.2) is 5.50 Å². The fourth-order valence-electron chi connectivity index (χ4n) is 3.09. The van der Waals surface area contributed by atoms with E-state index in [1.54, 1.807) is 29.2 Å². The molecule has 31 heavy (non-hydrogen) atoms. The van der Waals surface area contributed by atoms with Crippen LogP contribution in [0.1, 0.15) is 29.5 Å². The predicted molar refractivity (Wildman–Crippen MR) is 109 cm³/mol. The molecule has 4 rings (SSSR count). The Morgan fingerprint density at radius 3 is 2.77 bits per heavy atom. The van der Waals surface area contributed by atoms with E-state index < -0.39 is 11.9 Å². The third kappa shape index (κ3) is 4.79. The maximum atomic E-state index is 12.7. The molecular weight excluding hydrogens is 431 g/mol. The number of halogens is 3. The normalized spacial score (nSPS) is 16.5. The van der Waals surface area contributed by atoms with E-state index in [0.29, 0.717) is 6.54 Å². The van der Waals surface area contributed by atoms with Gasteiger partial charge in [-0.1, -0.05) is 17.8 Å². The molecule has 0 aliphatic carbocycles. The molecule has 162 valence electrons. The lowest BCUT2D eigenvalue weighted by Gasteiger charge is -2.29. The van der Waals surface area contributed by atoms with Crippen molar-refractivity contribution in [2.75, 3.05) is 0 Å². The molecule has 3 aromatic heterocycles. The Hall–Kier alpha value is -3.14. The van der Waals surface area contributed by atoms with Gasteiger partial charge in [-0.15, -0.1) is 0 Å². The molecule has 0 fully saturated rings. The van der Waals surface area contributed by atoms with E-state index in [2.05, 4.69) is 9.88 Å². The summed E-state index contributed by atoms with van der Waals surface area (Å²) in [6, 6.07) is 8.79. The van der Waals surface area contributed by atoms with E-state index in [1.165, 1.54) is 23.9 Å². The second-order valence-corrected chi connectivity index (χ2v) is 7.80. The van der Waals surface area contributed by atoms with Crippen molar-refractivity contribution in [3.05, 3.63) is 93.5 Å². The van der Waals surface area contributed by atoms with Crippen molar-refractivity contribution < 1.29 is 22.3 Å². The number of nitrogens with zero attached hydrogens (tertiary/aromatic N) is 3. The largest absolute Gasteiger partial charge is 0.485 e. The van der Waals surface area contributed by atoms with Gasteiger partial charge in [0.25, 0.3) is 5.56 Å². The van der Waals surface area contributed by atoms with E-state index in [-0.39, 0.29) is 29.2 Å². The number of pyridine rings is 2. The Bertz CT molecular complexity index is 1140. The van der Waals surface area contributed by atoms with E-state index in [1.807, 2.05) is 24.5 Å². The van der Waals surface area contributed by atoms with Gasteiger partial charge in [-0.2, -0.15) is 13.2 Å². The van der Waals surface area contributed by atoms with Crippen molar-refractivity contribution in [3.63, 3.8) is 0 Å². The molecule has 0 radical (unpaired) electrons. The number of aromatic nitrogens is 2. The highest BCUT2D eigenvalue weighted by Crippen LogP contribution is 2.39. The summed E-state index contributed by atoms with van der Waals surface area (Å²) in [6.07, 6.45) is 0.553. The first-order valence-electron chi connectivity index (χ1n) is 9.30. The van der Waals surface area contributed by atoms with Crippen molar-refractivity contribution in [1.82, 2.24) is 14.5 Å². The van der Waals surface area contributed by atoms with Crippen molar-refractivity contribution in [2.45, 2.75) is 31.7 Å². The molecule has 0 N–H and O–H groups in total. The highest BCUT2D eigenvalue weighted by Gasteiger charge is 2.34. The van der Waals surface area contributed by atoms with Gasteiger partial charge in [-0.05, 0) is 42.2 Å². The third-order valence-electron chi connectivity index (χ3n) is 4.64. The molecule has 10 heteroatoms. The van der Waals surface area contributed by atoms with Crippen LogP contribution >= 0.6 is 11.8 Å². The standard InChI is InChI=1S/C21H18F3N3O3S/c1-14-13-31-20(27(14)11-15-3-2-7-25-10-15)26-8-6-16(9-19(26)28)29-12-17-4-5-18(30-17)21(22,23)24/h2-10,13,20H,11-12H2,1H3. The number of alkyl halides is 3. The van der Waals surface area contributed by atoms with Crippen LogP contribution in [-0.2, 0) is 19.3 Å². The van der Waals surface area contributed by atoms with Crippen LogP contribution in [0.15, 0.2) is 75.3 Å². The second kappa shape index (κ2) is 8.54. The van der Waals surface area contributed by atoms with Crippen LogP contribution in [0.5, 0.6) is 5.75 Å². The average Bonchev–Trinajstić information content (AvgIpc) is 3.35. The van der Waals surface area contributed by atoms with Crippen LogP contribution in [0.3, 0.4) is 0 Å². The summed E-state index contributed by atoms with van der Waals surface area (Å²) >= 11 is 1.51. The number of thioether (sulfide) groups is 1. The van der Waals surface area contributed by atoms with Gasteiger partial charge in [-0.3, -0.25) is 14.3 Å². The first-order valence-corrected chi connectivity index (χ1v) is 10.2. The molecular formula is C21H18F3N3O3S. The van der Waals surface area contributed by atoms with E-state index in [4.69, 9.17) is 9.15 Å². The summed E-state index contributed by atoms with van der Waals surface area (Å²) in [5.41, 5.74) is 1.50. The molecule has 0 saturated heterocycles. The molecule has 0 aromatic carbocycles. The second-order valence-electron chi connectivity index (χ2n) is 6.87. The summed E-state index contributed by atoms with van der Waals surface area (Å²) in [5.74, 6) is -0.820. The first-order chi connectivity index (χ1) is 14.8. The van der Waals surface area contributed by atoms with Crippen molar-refractivity contribution in [2.24, 2.45) is 0 Å². The zero-order chi connectivity index (χ0) is 22.0. The highest BCUT2D eigenvalue weighted by atomic mass is 32.2. The first kappa shape index (κ1) is 21.1. The fourth-order valence-corrected chi connectivity index (χ4v) is 4.23. The molecule has 0 spiro atoms. The monoisotopic (exact) mass is 449 g/mol. The van der Waals surface area contributed by atoms with Gasteiger partial charge in [0, 0.05) is 36.9 Å². The van der Waals surface area contributed by atoms with Crippen LogP contribution in [0, 0.1) is 0 Å². The van der Waals surface area contributed by atoms with E-state index in [9.17, 15) is 18.0 Å². The van der Waals surface area contributed by atoms with Crippen LogP contribution in [0.2, 0.25) is 0 Å². The number of hydrogen-bond donors (Lipinski definition) is 0. The van der Waals surface area contributed by atoms with Crippen LogP contribution in [-0.4, -0.2) is 14.5 Å². The molecule has 1 aliphatic rings. The number of furan rings is 1. The molecule has 4 heterocycles. The predicted octanol–water partition coefficient (Wildman–Crippen LogP) is 5.00. The Balaban J connectivity index is 1.45. The van der Waals surface area contributed by atoms with Gasteiger partial charge in [0.1, 0.15) is 18.1 Å². The SMILES string of the molecule is CC1=CSC(n2ccc(OCc3ccc(C(F)(F)F)o3)cc2=O)N1Cc1cccnc1.